The Bertz CT molecular complexity index is 881. The molecule has 1 heterocycles. The van der Waals surface area contributed by atoms with Gasteiger partial charge in [0.1, 0.15) is 5.82 Å². The summed E-state index contributed by atoms with van der Waals surface area (Å²) in [5, 5.41) is 11.8. The number of benzene rings is 2. The van der Waals surface area contributed by atoms with E-state index >= 15 is 0 Å². The van der Waals surface area contributed by atoms with E-state index in [0.29, 0.717) is 44.3 Å². The van der Waals surface area contributed by atoms with E-state index in [4.69, 9.17) is 5.26 Å². The van der Waals surface area contributed by atoms with Crippen molar-refractivity contribution in [1.82, 2.24) is 10.2 Å². The minimum Gasteiger partial charge on any atom is -0.353 e. The highest BCUT2D eigenvalue weighted by Gasteiger charge is 2.25. The molecule has 2 aromatic rings. The Kier molecular flexibility index (Phi) is 6.38. The van der Waals surface area contributed by atoms with Crippen LogP contribution in [0.2, 0.25) is 0 Å². The first-order valence-electron chi connectivity index (χ1n) is 9.39. The number of nitrogens with zero attached hydrogens (tertiary/aromatic N) is 2. The molecule has 1 fully saturated rings. The molecule has 2 amide bonds. The number of halogens is 1. The van der Waals surface area contributed by atoms with Crippen LogP contribution in [0.25, 0.3) is 0 Å². The van der Waals surface area contributed by atoms with Gasteiger partial charge in [0.2, 0.25) is 5.91 Å². The quantitative estimate of drug-likeness (QED) is 0.868. The van der Waals surface area contributed by atoms with Crippen molar-refractivity contribution < 1.29 is 14.0 Å². The van der Waals surface area contributed by atoms with Crippen LogP contribution < -0.4 is 5.32 Å². The molecule has 1 saturated heterocycles. The molecule has 5 nitrogen and oxygen atoms in total. The summed E-state index contributed by atoms with van der Waals surface area (Å²) in [7, 11) is 0. The summed E-state index contributed by atoms with van der Waals surface area (Å²) in [5.74, 6) is -0.835. The van der Waals surface area contributed by atoms with Gasteiger partial charge >= 0.3 is 0 Å². The lowest BCUT2D eigenvalue weighted by atomic mass is 10.0. The summed E-state index contributed by atoms with van der Waals surface area (Å²) in [5.41, 5.74) is 1.71. The second-order valence-electron chi connectivity index (χ2n) is 6.92. The molecule has 1 aliphatic rings. The van der Waals surface area contributed by atoms with Crippen LogP contribution in [-0.4, -0.2) is 35.8 Å². The maximum absolute atomic E-state index is 13.8. The normalized spacial score (nSPS) is 14.4. The van der Waals surface area contributed by atoms with Crippen LogP contribution in [0.15, 0.2) is 48.5 Å². The molecule has 144 valence electrons. The number of piperidine rings is 1. The minimum absolute atomic E-state index is 0.0248. The fourth-order valence-electron chi connectivity index (χ4n) is 3.34. The number of rotatable bonds is 5. The molecule has 0 unspecified atom stereocenters. The molecule has 6 heteroatoms. The summed E-state index contributed by atoms with van der Waals surface area (Å²) < 4.78 is 13.8. The van der Waals surface area contributed by atoms with E-state index < -0.39 is 5.82 Å². The van der Waals surface area contributed by atoms with Crippen LogP contribution in [0.4, 0.5) is 4.39 Å². The van der Waals surface area contributed by atoms with E-state index in [1.54, 1.807) is 29.2 Å². The molecule has 2 aromatic carbocycles. The minimum atomic E-state index is -0.509. The van der Waals surface area contributed by atoms with Crippen molar-refractivity contribution >= 4 is 11.8 Å². The summed E-state index contributed by atoms with van der Waals surface area (Å²) in [4.78, 5) is 26.3. The lowest BCUT2D eigenvalue weighted by Gasteiger charge is -2.32. The number of amides is 2. The zero-order chi connectivity index (χ0) is 19.9. The van der Waals surface area contributed by atoms with Gasteiger partial charge in [-0.15, -0.1) is 0 Å². The molecular weight excluding hydrogens is 357 g/mol. The Labute approximate surface area is 163 Å². The van der Waals surface area contributed by atoms with Crippen LogP contribution in [0.3, 0.4) is 0 Å². The Morgan fingerprint density at radius 1 is 1.11 bits per heavy atom. The topological polar surface area (TPSA) is 73.2 Å². The molecule has 1 N–H and O–H groups in total. The van der Waals surface area contributed by atoms with Crippen LogP contribution in [-0.2, 0) is 11.2 Å². The molecular formula is C22H22FN3O2. The van der Waals surface area contributed by atoms with Crippen molar-refractivity contribution in [2.45, 2.75) is 31.7 Å². The van der Waals surface area contributed by atoms with Gasteiger partial charge in [0.15, 0.2) is 0 Å². The number of hydrogen-bond donors (Lipinski definition) is 1. The fourth-order valence-corrected chi connectivity index (χ4v) is 3.34. The number of carbonyl (C=O) groups is 2. The largest absolute Gasteiger partial charge is 0.353 e. The lowest BCUT2D eigenvalue weighted by molar-refractivity contribution is -0.122. The van der Waals surface area contributed by atoms with E-state index in [-0.39, 0.29) is 23.4 Å². The summed E-state index contributed by atoms with van der Waals surface area (Å²) in [6.07, 6.45) is 2.30. The third-order valence-corrected chi connectivity index (χ3v) is 4.98. The molecule has 0 radical (unpaired) electrons. The van der Waals surface area contributed by atoms with Gasteiger partial charge in [0.25, 0.3) is 5.91 Å². The van der Waals surface area contributed by atoms with Crippen molar-refractivity contribution in [3.63, 3.8) is 0 Å². The van der Waals surface area contributed by atoms with E-state index in [2.05, 4.69) is 11.4 Å². The highest BCUT2D eigenvalue weighted by atomic mass is 19.1. The van der Waals surface area contributed by atoms with E-state index in [0.717, 1.165) is 5.56 Å². The third-order valence-electron chi connectivity index (χ3n) is 4.98. The van der Waals surface area contributed by atoms with Gasteiger partial charge in [-0.05, 0) is 49.1 Å². The van der Waals surface area contributed by atoms with E-state index in [1.165, 1.54) is 12.1 Å². The van der Waals surface area contributed by atoms with Gasteiger partial charge in [-0.1, -0.05) is 24.3 Å². The maximum atomic E-state index is 13.8. The SMILES string of the molecule is N#Cc1ccc(CCC(=O)NC2CCN(C(=O)c3ccccc3F)CC2)cc1. The molecule has 0 atom stereocenters. The monoisotopic (exact) mass is 379 g/mol. The van der Waals surface area contributed by atoms with Crippen molar-refractivity contribution in [3.05, 3.63) is 71.0 Å². The van der Waals surface area contributed by atoms with Gasteiger partial charge in [0.05, 0.1) is 17.2 Å². The third kappa shape index (κ3) is 4.95. The zero-order valence-electron chi connectivity index (χ0n) is 15.5. The van der Waals surface area contributed by atoms with Crippen molar-refractivity contribution in [2.75, 3.05) is 13.1 Å². The Morgan fingerprint density at radius 2 is 1.79 bits per heavy atom. The van der Waals surface area contributed by atoms with Crippen molar-refractivity contribution in [1.29, 1.82) is 5.26 Å². The number of nitrogens with one attached hydrogen (secondary N) is 1. The number of carbonyl (C=O) groups excluding carboxylic acids is 2. The number of nitriles is 1. The average Bonchev–Trinajstić information content (AvgIpc) is 2.73. The highest BCUT2D eigenvalue weighted by Crippen LogP contribution is 2.16. The van der Waals surface area contributed by atoms with Crippen LogP contribution in [0.1, 0.15) is 40.7 Å². The van der Waals surface area contributed by atoms with Crippen LogP contribution >= 0.6 is 0 Å². The van der Waals surface area contributed by atoms with Crippen molar-refractivity contribution in [3.8, 4) is 6.07 Å². The molecule has 0 saturated carbocycles. The fraction of sp³-hybridized carbons (Fsp3) is 0.318. The molecule has 0 spiro atoms. The Morgan fingerprint density at radius 3 is 2.43 bits per heavy atom. The van der Waals surface area contributed by atoms with Gasteiger partial charge < -0.3 is 10.2 Å². The molecule has 28 heavy (non-hydrogen) atoms. The molecule has 0 bridgehead atoms. The van der Waals surface area contributed by atoms with Crippen LogP contribution in [0.5, 0.6) is 0 Å². The first-order chi connectivity index (χ1) is 13.6. The Balaban J connectivity index is 1.43. The van der Waals surface area contributed by atoms with Crippen molar-refractivity contribution in [2.24, 2.45) is 0 Å². The summed E-state index contributed by atoms with van der Waals surface area (Å²) >= 11 is 0. The Hall–Kier alpha value is -3.20. The van der Waals surface area contributed by atoms with Crippen LogP contribution in [0, 0.1) is 17.1 Å². The summed E-state index contributed by atoms with van der Waals surface area (Å²) in [6.45, 7) is 0.988. The predicted molar refractivity (Wildman–Crippen MR) is 103 cm³/mol. The predicted octanol–water partition coefficient (Wildman–Crippen LogP) is 3.05. The zero-order valence-corrected chi connectivity index (χ0v) is 15.5. The summed E-state index contributed by atoms with van der Waals surface area (Å²) in [6, 6.07) is 15.3. The number of likely N-dealkylation sites (tertiary alicyclic amines) is 1. The van der Waals surface area contributed by atoms with Gasteiger partial charge in [-0.25, -0.2) is 4.39 Å². The first-order valence-corrected chi connectivity index (χ1v) is 9.39. The van der Waals surface area contributed by atoms with E-state index in [9.17, 15) is 14.0 Å². The maximum Gasteiger partial charge on any atom is 0.256 e. The smallest absolute Gasteiger partial charge is 0.256 e. The average molecular weight is 379 g/mol. The molecule has 0 aliphatic carbocycles. The standard InChI is InChI=1S/C22H22FN3O2/c23-20-4-2-1-3-19(20)22(28)26-13-11-18(12-14-26)25-21(27)10-9-16-5-7-17(15-24)8-6-16/h1-8,18H,9-14H2,(H,25,27). The molecule has 1 aliphatic heterocycles. The molecule has 3 rings (SSSR count). The lowest BCUT2D eigenvalue weighted by Crippen LogP contribution is -2.46. The molecule has 0 aromatic heterocycles. The van der Waals surface area contributed by atoms with Gasteiger partial charge in [-0.3, -0.25) is 9.59 Å². The van der Waals surface area contributed by atoms with Gasteiger partial charge in [-0.2, -0.15) is 5.26 Å². The second kappa shape index (κ2) is 9.14. The first kappa shape index (κ1) is 19.6. The number of hydrogen-bond acceptors (Lipinski definition) is 3. The highest BCUT2D eigenvalue weighted by molar-refractivity contribution is 5.94. The van der Waals surface area contributed by atoms with Gasteiger partial charge in [0, 0.05) is 25.6 Å². The van der Waals surface area contributed by atoms with E-state index in [1.807, 2.05) is 12.1 Å². The second-order valence-corrected chi connectivity index (χ2v) is 6.92. The number of aryl methyl sites for hydroxylation is 1.